The lowest BCUT2D eigenvalue weighted by Crippen LogP contribution is -2.21. The molecule has 0 saturated heterocycles. The van der Waals surface area contributed by atoms with Gasteiger partial charge in [-0.25, -0.2) is 18.4 Å². The van der Waals surface area contributed by atoms with Crippen LogP contribution in [0.5, 0.6) is 0 Å². The lowest BCUT2D eigenvalue weighted by molar-refractivity contribution is 0.545. The minimum absolute atomic E-state index is 0.0788. The Bertz CT molecular complexity index is 580. The van der Waals surface area contributed by atoms with Gasteiger partial charge in [-0.1, -0.05) is 39.3 Å². The molecule has 0 bridgehead atoms. The van der Waals surface area contributed by atoms with E-state index in [0.29, 0.717) is 23.3 Å². The molecule has 1 rings (SSSR count). The van der Waals surface area contributed by atoms with Crippen LogP contribution in [0.4, 0.5) is 5.82 Å². The summed E-state index contributed by atoms with van der Waals surface area (Å²) in [4.78, 5) is 8.72. The quantitative estimate of drug-likeness (QED) is 0.844. The predicted octanol–water partition coefficient (Wildman–Crippen LogP) is 2.58. The van der Waals surface area contributed by atoms with E-state index in [-0.39, 0.29) is 16.9 Å². The Morgan fingerprint density at radius 3 is 2.35 bits per heavy atom. The monoisotopic (exact) mass is 319 g/mol. The lowest BCUT2D eigenvalue weighted by atomic mass is 9.95. The summed E-state index contributed by atoms with van der Waals surface area (Å²) < 4.78 is 22.9. The molecule has 1 aromatic heterocycles. The van der Waals surface area contributed by atoms with E-state index in [2.05, 4.69) is 15.3 Å². The SMILES string of the molecule is CCS(=O)(=O)CCNc1nc(C(C)(C)C)nc(Cl)c1C. The fraction of sp³-hybridized carbons (Fsp3) is 0.692. The molecule has 0 fully saturated rings. The summed E-state index contributed by atoms with van der Waals surface area (Å²) >= 11 is 6.11. The van der Waals surface area contributed by atoms with Crippen molar-refractivity contribution in [3.63, 3.8) is 0 Å². The van der Waals surface area contributed by atoms with Gasteiger partial charge in [0.15, 0.2) is 9.84 Å². The second-order valence-electron chi connectivity index (χ2n) is 5.72. The predicted molar refractivity (Wildman–Crippen MR) is 83.3 cm³/mol. The highest BCUT2D eigenvalue weighted by Gasteiger charge is 2.20. The Morgan fingerprint density at radius 1 is 1.25 bits per heavy atom. The highest BCUT2D eigenvalue weighted by Crippen LogP contribution is 2.25. The van der Waals surface area contributed by atoms with Gasteiger partial charge in [-0.15, -0.1) is 0 Å². The Kier molecular flexibility index (Phi) is 5.38. The maximum Gasteiger partial charge on any atom is 0.151 e. The minimum atomic E-state index is -2.99. The number of sulfone groups is 1. The standard InChI is InChI=1S/C13H22ClN3O2S/c1-6-20(18,19)8-7-15-11-9(2)10(14)16-12(17-11)13(3,4)5/h6-8H2,1-5H3,(H,15,16,17). The normalized spacial score (nSPS) is 12.5. The first-order valence-electron chi connectivity index (χ1n) is 6.55. The fourth-order valence-electron chi connectivity index (χ4n) is 1.47. The van der Waals surface area contributed by atoms with E-state index in [0.717, 1.165) is 5.56 Å². The van der Waals surface area contributed by atoms with Gasteiger partial charge < -0.3 is 5.32 Å². The summed E-state index contributed by atoms with van der Waals surface area (Å²) in [6.07, 6.45) is 0. The van der Waals surface area contributed by atoms with Gasteiger partial charge in [0.2, 0.25) is 0 Å². The summed E-state index contributed by atoms with van der Waals surface area (Å²) in [5.74, 6) is 1.45. The number of anilines is 1. The van der Waals surface area contributed by atoms with Crippen LogP contribution in [0.25, 0.3) is 0 Å². The molecule has 114 valence electrons. The third kappa shape index (κ3) is 4.59. The van der Waals surface area contributed by atoms with Crippen LogP contribution in [0, 0.1) is 6.92 Å². The second-order valence-corrected chi connectivity index (χ2v) is 8.56. The number of rotatable bonds is 5. The van der Waals surface area contributed by atoms with Crippen molar-refractivity contribution in [2.75, 3.05) is 23.4 Å². The third-order valence-corrected chi connectivity index (χ3v) is 4.98. The molecule has 0 saturated carbocycles. The lowest BCUT2D eigenvalue weighted by Gasteiger charge is -2.19. The van der Waals surface area contributed by atoms with Crippen LogP contribution in [0.2, 0.25) is 5.15 Å². The molecule has 0 spiro atoms. The smallest absolute Gasteiger partial charge is 0.151 e. The van der Waals surface area contributed by atoms with E-state index in [1.54, 1.807) is 6.92 Å². The molecule has 20 heavy (non-hydrogen) atoms. The van der Waals surface area contributed by atoms with Gasteiger partial charge in [0.05, 0.1) is 5.75 Å². The van der Waals surface area contributed by atoms with Crippen molar-refractivity contribution in [2.45, 2.75) is 40.0 Å². The Morgan fingerprint density at radius 2 is 1.85 bits per heavy atom. The zero-order valence-electron chi connectivity index (χ0n) is 12.6. The van der Waals surface area contributed by atoms with Crippen LogP contribution in [0.15, 0.2) is 0 Å². The molecule has 1 heterocycles. The topological polar surface area (TPSA) is 72.0 Å². The van der Waals surface area contributed by atoms with Gasteiger partial charge in [-0.3, -0.25) is 0 Å². The molecule has 0 aliphatic carbocycles. The zero-order valence-corrected chi connectivity index (χ0v) is 14.2. The molecule has 0 unspecified atom stereocenters. The average molecular weight is 320 g/mol. The minimum Gasteiger partial charge on any atom is -0.369 e. The average Bonchev–Trinajstić information content (AvgIpc) is 2.32. The van der Waals surface area contributed by atoms with Gasteiger partial charge in [0.1, 0.15) is 16.8 Å². The van der Waals surface area contributed by atoms with E-state index in [4.69, 9.17) is 11.6 Å². The van der Waals surface area contributed by atoms with Crippen LogP contribution in [-0.4, -0.2) is 36.4 Å². The number of hydrogen-bond donors (Lipinski definition) is 1. The van der Waals surface area contributed by atoms with Crippen LogP contribution < -0.4 is 5.32 Å². The second kappa shape index (κ2) is 6.26. The summed E-state index contributed by atoms with van der Waals surface area (Å²) in [6, 6.07) is 0. The van der Waals surface area contributed by atoms with Gasteiger partial charge >= 0.3 is 0 Å². The van der Waals surface area contributed by atoms with Gasteiger partial charge in [0.25, 0.3) is 0 Å². The van der Waals surface area contributed by atoms with Crippen molar-refractivity contribution >= 4 is 27.3 Å². The van der Waals surface area contributed by atoms with E-state index in [1.165, 1.54) is 0 Å². The van der Waals surface area contributed by atoms with Crippen LogP contribution in [-0.2, 0) is 15.3 Å². The van der Waals surface area contributed by atoms with Crippen LogP contribution >= 0.6 is 11.6 Å². The molecule has 0 radical (unpaired) electrons. The zero-order chi connectivity index (χ0) is 15.6. The summed E-state index contributed by atoms with van der Waals surface area (Å²) in [5, 5.41) is 3.44. The van der Waals surface area contributed by atoms with E-state index < -0.39 is 9.84 Å². The largest absolute Gasteiger partial charge is 0.369 e. The highest BCUT2D eigenvalue weighted by molar-refractivity contribution is 7.91. The van der Waals surface area contributed by atoms with Crippen molar-refractivity contribution in [1.82, 2.24) is 9.97 Å². The highest BCUT2D eigenvalue weighted by atomic mass is 35.5. The van der Waals surface area contributed by atoms with E-state index >= 15 is 0 Å². The molecule has 0 aliphatic heterocycles. The van der Waals surface area contributed by atoms with E-state index in [9.17, 15) is 8.42 Å². The van der Waals surface area contributed by atoms with Crippen molar-refractivity contribution in [3.8, 4) is 0 Å². The Hall–Kier alpha value is -0.880. The first kappa shape index (κ1) is 17.2. The van der Waals surface area contributed by atoms with Gasteiger partial charge in [0, 0.05) is 23.3 Å². The molecular weight excluding hydrogens is 298 g/mol. The first-order valence-corrected chi connectivity index (χ1v) is 8.75. The number of hydrogen-bond acceptors (Lipinski definition) is 5. The molecule has 5 nitrogen and oxygen atoms in total. The maximum atomic E-state index is 11.5. The first-order chi connectivity index (χ1) is 9.07. The van der Waals surface area contributed by atoms with Crippen molar-refractivity contribution in [2.24, 2.45) is 0 Å². The van der Waals surface area contributed by atoms with Gasteiger partial charge in [-0.05, 0) is 6.92 Å². The molecule has 0 aliphatic rings. The molecule has 0 aromatic carbocycles. The number of nitrogens with zero attached hydrogens (tertiary/aromatic N) is 2. The molecule has 0 atom stereocenters. The molecule has 7 heteroatoms. The summed E-state index contributed by atoms with van der Waals surface area (Å²) in [7, 11) is -2.99. The molecular formula is C13H22ClN3O2S. The molecule has 1 N–H and O–H groups in total. The number of halogens is 1. The van der Waals surface area contributed by atoms with Gasteiger partial charge in [-0.2, -0.15) is 0 Å². The van der Waals surface area contributed by atoms with Crippen LogP contribution in [0.3, 0.4) is 0 Å². The van der Waals surface area contributed by atoms with Crippen molar-refractivity contribution in [3.05, 3.63) is 16.5 Å². The fourth-order valence-corrected chi connectivity index (χ4v) is 2.34. The maximum absolute atomic E-state index is 11.5. The molecule has 1 aromatic rings. The number of aromatic nitrogens is 2. The third-order valence-electron chi connectivity index (χ3n) is 2.90. The Balaban J connectivity index is 2.93. The Labute approximate surface area is 126 Å². The van der Waals surface area contributed by atoms with Crippen molar-refractivity contribution < 1.29 is 8.42 Å². The summed E-state index contributed by atoms with van der Waals surface area (Å²) in [6.45, 7) is 9.76. The van der Waals surface area contributed by atoms with Crippen LogP contribution in [0.1, 0.15) is 39.1 Å². The number of nitrogens with one attached hydrogen (secondary N) is 1. The van der Waals surface area contributed by atoms with Crippen molar-refractivity contribution in [1.29, 1.82) is 0 Å². The van der Waals surface area contributed by atoms with E-state index in [1.807, 2.05) is 27.7 Å². The molecule has 0 amide bonds. The summed E-state index contributed by atoms with van der Waals surface area (Å²) in [5.41, 5.74) is 0.511.